The van der Waals surface area contributed by atoms with Gasteiger partial charge in [-0.2, -0.15) is 8.42 Å². The molecular formula is C9H17NO4S. The molecule has 1 unspecified atom stereocenters. The van der Waals surface area contributed by atoms with Crippen LogP contribution in [0, 0.1) is 11.5 Å². The summed E-state index contributed by atoms with van der Waals surface area (Å²) in [6.45, 7) is 3.75. The topological polar surface area (TPSA) is 76.4 Å². The van der Waals surface area contributed by atoms with Gasteiger partial charge >= 0.3 is 16.7 Å². The van der Waals surface area contributed by atoms with Crippen molar-refractivity contribution in [3.05, 3.63) is 0 Å². The second kappa shape index (κ2) is 7.49. The first-order chi connectivity index (χ1) is 7.02. The van der Waals surface area contributed by atoms with Crippen LogP contribution in [0.2, 0.25) is 0 Å². The molecule has 0 rings (SSSR count). The summed E-state index contributed by atoms with van der Waals surface area (Å²) in [5.41, 5.74) is 0. The maximum Gasteiger partial charge on any atom is 0.459 e. The van der Waals surface area contributed by atoms with Crippen LogP contribution in [-0.2, 0) is 18.8 Å². The summed E-state index contributed by atoms with van der Waals surface area (Å²) in [6, 6.07) is 0. The number of nitriles is 1. The third-order valence-corrected chi connectivity index (χ3v) is 2.73. The maximum atomic E-state index is 10.9. The van der Waals surface area contributed by atoms with Gasteiger partial charge in [0.2, 0.25) is 0 Å². The van der Waals surface area contributed by atoms with E-state index < -0.39 is 16.5 Å². The molecule has 0 aromatic rings. The summed E-state index contributed by atoms with van der Waals surface area (Å²) in [4.78, 5) is 0. The molecule has 0 aliphatic rings. The first-order valence-electron chi connectivity index (χ1n) is 5.02. The number of nitrogens with zero attached hydrogens (tertiary/aromatic N) is 1. The minimum absolute atomic E-state index is 0.444. The highest BCUT2D eigenvalue weighted by Crippen LogP contribution is 2.10. The Morgan fingerprint density at radius 1 is 1.33 bits per heavy atom. The molecule has 0 aromatic carbocycles. The third-order valence-electron chi connectivity index (χ3n) is 1.89. The van der Waals surface area contributed by atoms with E-state index in [1.165, 1.54) is 0 Å². The van der Waals surface area contributed by atoms with Crippen LogP contribution in [0.4, 0.5) is 0 Å². The van der Waals surface area contributed by atoms with E-state index in [1.54, 1.807) is 6.92 Å². The highest BCUT2D eigenvalue weighted by atomic mass is 32.3. The number of hydrogen-bond acceptors (Lipinski definition) is 5. The molecule has 1 atom stereocenters. The van der Waals surface area contributed by atoms with Crippen molar-refractivity contribution < 1.29 is 16.8 Å². The molecule has 0 fully saturated rings. The van der Waals surface area contributed by atoms with Crippen LogP contribution in [0.25, 0.3) is 0 Å². The van der Waals surface area contributed by atoms with Crippen molar-refractivity contribution in [3.63, 3.8) is 0 Å². The molecule has 0 aromatic heterocycles. The fourth-order valence-electron chi connectivity index (χ4n) is 1.17. The van der Waals surface area contributed by atoms with Gasteiger partial charge in [-0.1, -0.05) is 32.6 Å². The van der Waals surface area contributed by atoms with E-state index >= 15 is 0 Å². The van der Waals surface area contributed by atoms with Gasteiger partial charge in [-0.25, -0.2) is 4.18 Å². The van der Waals surface area contributed by atoms with Gasteiger partial charge in [-0.15, -0.1) is 5.26 Å². The summed E-state index contributed by atoms with van der Waals surface area (Å²) in [6.07, 6.45) is 5.52. The van der Waals surface area contributed by atoms with E-state index in [0.717, 1.165) is 31.9 Å². The van der Waals surface area contributed by atoms with Crippen molar-refractivity contribution >= 4 is 10.4 Å². The molecule has 0 spiro atoms. The number of hydrogen-bond donors (Lipinski definition) is 0. The summed E-state index contributed by atoms with van der Waals surface area (Å²) in [7, 11) is -4.13. The Bertz CT molecular complexity index is 294. The minimum Gasteiger partial charge on any atom is -0.281 e. The quantitative estimate of drug-likeness (QED) is 0.475. The van der Waals surface area contributed by atoms with E-state index in [1.807, 2.05) is 0 Å². The standard InChI is InChI=1S/C9H17NO4S/c1-3-4-5-6-7-9(2)14-15(11,12)13-8-10/h9H,3-7H2,1-2H3. The van der Waals surface area contributed by atoms with Gasteiger partial charge in [-0.3, -0.25) is 4.18 Å². The fraction of sp³-hybridized carbons (Fsp3) is 0.889. The zero-order chi connectivity index (χ0) is 11.7. The van der Waals surface area contributed by atoms with Crippen molar-refractivity contribution in [2.75, 3.05) is 0 Å². The molecule has 0 N–H and O–H groups in total. The second-order valence-electron chi connectivity index (χ2n) is 3.34. The predicted molar refractivity (Wildman–Crippen MR) is 54.9 cm³/mol. The van der Waals surface area contributed by atoms with Gasteiger partial charge in [-0.05, 0) is 13.3 Å². The first kappa shape index (κ1) is 14.2. The van der Waals surface area contributed by atoms with Crippen molar-refractivity contribution in [2.24, 2.45) is 0 Å². The Morgan fingerprint density at radius 2 is 2.00 bits per heavy atom. The van der Waals surface area contributed by atoms with E-state index in [-0.39, 0.29) is 0 Å². The highest BCUT2D eigenvalue weighted by Gasteiger charge is 2.16. The van der Waals surface area contributed by atoms with Crippen LogP contribution in [0.15, 0.2) is 0 Å². The molecule has 0 bridgehead atoms. The zero-order valence-corrected chi connectivity index (χ0v) is 9.92. The lowest BCUT2D eigenvalue weighted by molar-refractivity contribution is 0.183. The molecule has 0 amide bonds. The molecule has 0 radical (unpaired) electrons. The molecule has 88 valence electrons. The minimum atomic E-state index is -4.13. The SMILES string of the molecule is CCCCCCC(C)OS(=O)(=O)OC#N. The summed E-state index contributed by atoms with van der Waals surface area (Å²) >= 11 is 0. The van der Waals surface area contributed by atoms with Crippen LogP contribution in [-0.4, -0.2) is 14.5 Å². The van der Waals surface area contributed by atoms with E-state index in [4.69, 9.17) is 5.26 Å². The fourth-order valence-corrected chi connectivity index (χ4v) is 1.80. The average molecular weight is 235 g/mol. The smallest absolute Gasteiger partial charge is 0.281 e. The van der Waals surface area contributed by atoms with Crippen LogP contribution >= 0.6 is 0 Å². The lowest BCUT2D eigenvalue weighted by Gasteiger charge is -2.09. The summed E-state index contributed by atoms with van der Waals surface area (Å²) in [5.74, 6) is 0. The molecule has 0 saturated heterocycles. The largest absolute Gasteiger partial charge is 0.459 e. The Kier molecular flexibility index (Phi) is 7.09. The second-order valence-corrected chi connectivity index (χ2v) is 4.51. The van der Waals surface area contributed by atoms with E-state index in [2.05, 4.69) is 15.3 Å². The van der Waals surface area contributed by atoms with E-state index in [0.29, 0.717) is 6.42 Å². The summed E-state index contributed by atoms with van der Waals surface area (Å²) in [5, 5.41) is 8.03. The molecule has 15 heavy (non-hydrogen) atoms. The van der Waals surface area contributed by atoms with Gasteiger partial charge in [0.25, 0.3) is 0 Å². The molecular weight excluding hydrogens is 218 g/mol. The van der Waals surface area contributed by atoms with Crippen LogP contribution < -0.4 is 0 Å². The number of unbranched alkanes of at least 4 members (excludes halogenated alkanes) is 3. The lowest BCUT2D eigenvalue weighted by Crippen LogP contribution is -2.16. The van der Waals surface area contributed by atoms with Crippen molar-refractivity contribution in [2.45, 2.75) is 52.1 Å². The van der Waals surface area contributed by atoms with Crippen molar-refractivity contribution in [1.29, 1.82) is 5.26 Å². The normalized spacial score (nSPS) is 13.1. The maximum absolute atomic E-state index is 10.9. The molecule has 6 heteroatoms. The Hall–Kier alpha value is -0.800. The first-order valence-corrected chi connectivity index (χ1v) is 6.36. The van der Waals surface area contributed by atoms with Crippen molar-refractivity contribution in [1.82, 2.24) is 0 Å². The Balaban J connectivity index is 3.74. The molecule has 5 nitrogen and oxygen atoms in total. The predicted octanol–water partition coefficient (Wildman–Crippen LogP) is 2.10. The van der Waals surface area contributed by atoms with Gasteiger partial charge in [0, 0.05) is 0 Å². The van der Waals surface area contributed by atoms with Gasteiger partial charge in [0.1, 0.15) is 0 Å². The monoisotopic (exact) mass is 235 g/mol. The van der Waals surface area contributed by atoms with Gasteiger partial charge in [0.05, 0.1) is 6.10 Å². The Labute approximate surface area is 91.3 Å². The van der Waals surface area contributed by atoms with Crippen LogP contribution in [0.5, 0.6) is 0 Å². The van der Waals surface area contributed by atoms with Crippen LogP contribution in [0.3, 0.4) is 0 Å². The molecule has 0 aliphatic heterocycles. The summed E-state index contributed by atoms with van der Waals surface area (Å²) < 4.78 is 30.1. The van der Waals surface area contributed by atoms with Crippen LogP contribution in [0.1, 0.15) is 46.0 Å². The highest BCUT2D eigenvalue weighted by molar-refractivity contribution is 7.82. The van der Waals surface area contributed by atoms with Gasteiger partial charge in [0.15, 0.2) is 0 Å². The third kappa shape index (κ3) is 8.21. The number of rotatable bonds is 8. The molecule has 0 aliphatic carbocycles. The Morgan fingerprint density at radius 3 is 2.53 bits per heavy atom. The average Bonchev–Trinajstić information content (AvgIpc) is 2.11. The lowest BCUT2D eigenvalue weighted by atomic mass is 10.1. The zero-order valence-electron chi connectivity index (χ0n) is 9.10. The van der Waals surface area contributed by atoms with Crippen molar-refractivity contribution in [3.8, 4) is 6.26 Å². The molecule has 0 saturated carbocycles. The molecule has 0 heterocycles. The van der Waals surface area contributed by atoms with E-state index in [9.17, 15) is 8.42 Å². The van der Waals surface area contributed by atoms with Gasteiger partial charge < -0.3 is 0 Å².